The van der Waals surface area contributed by atoms with Crippen LogP contribution in [0.25, 0.3) is 0 Å². The largest absolute Gasteiger partial charge is 0.456 e. The zero-order valence-electron chi connectivity index (χ0n) is 22.1. The number of aliphatic hydroxyl groups is 2. The van der Waals surface area contributed by atoms with Crippen LogP contribution in [0.1, 0.15) is 71.1 Å². The lowest BCUT2D eigenvalue weighted by atomic mass is 9.91. The molecule has 1 fully saturated rings. The summed E-state index contributed by atoms with van der Waals surface area (Å²) in [5.74, 6) is 0.176. The molecule has 1 saturated heterocycles. The average Bonchev–Trinajstić information content (AvgIpc) is 3.65. The van der Waals surface area contributed by atoms with Gasteiger partial charge in [-0.2, -0.15) is 0 Å². The third kappa shape index (κ3) is 9.06. The first-order valence-corrected chi connectivity index (χ1v) is 14.1. The second kappa shape index (κ2) is 13.7. The maximum absolute atomic E-state index is 12.7. The first kappa shape index (κ1) is 28.0. The minimum Gasteiger partial charge on any atom is -0.456 e. The molecule has 1 aliphatic carbocycles. The number of fused-ring (bicyclic) bond motifs is 3. The summed E-state index contributed by atoms with van der Waals surface area (Å²) >= 11 is 0. The molecule has 3 aliphatic heterocycles. The summed E-state index contributed by atoms with van der Waals surface area (Å²) < 4.78 is 17.7. The Hall–Kier alpha value is -1.99. The third-order valence-electron chi connectivity index (χ3n) is 7.75. The number of carbonyl (C=O) groups excluding carboxylic acids is 1. The molecule has 2 N–H and O–H groups in total. The van der Waals surface area contributed by atoms with Crippen molar-refractivity contribution in [3.63, 3.8) is 0 Å². The van der Waals surface area contributed by atoms with Gasteiger partial charge in [0.2, 0.25) is 0 Å². The molecule has 37 heavy (non-hydrogen) atoms. The Morgan fingerprint density at radius 3 is 2.81 bits per heavy atom. The summed E-state index contributed by atoms with van der Waals surface area (Å²) in [6.45, 7) is 6.40. The summed E-state index contributed by atoms with van der Waals surface area (Å²) in [6.07, 6.45) is 21.1. The molecule has 0 radical (unpaired) electrons. The molecule has 6 heteroatoms. The molecule has 3 heterocycles. The highest BCUT2D eigenvalue weighted by Gasteiger charge is 2.46. The van der Waals surface area contributed by atoms with Crippen molar-refractivity contribution < 1.29 is 29.2 Å². The molecule has 0 saturated carbocycles. The van der Waals surface area contributed by atoms with Crippen molar-refractivity contribution in [3.8, 4) is 0 Å². The van der Waals surface area contributed by atoms with E-state index in [1.165, 1.54) is 12.5 Å². The zero-order chi connectivity index (χ0) is 26.2. The predicted octanol–water partition coefficient (Wildman–Crippen LogP) is 5.12. The summed E-state index contributed by atoms with van der Waals surface area (Å²) in [7, 11) is 0. The summed E-state index contributed by atoms with van der Waals surface area (Å²) in [5, 5.41) is 21.7. The van der Waals surface area contributed by atoms with Crippen molar-refractivity contribution >= 4 is 5.97 Å². The van der Waals surface area contributed by atoms with Crippen LogP contribution in [0.4, 0.5) is 0 Å². The van der Waals surface area contributed by atoms with E-state index in [1.54, 1.807) is 12.2 Å². The Labute approximate surface area is 221 Å². The van der Waals surface area contributed by atoms with E-state index in [1.807, 2.05) is 12.2 Å². The molecule has 0 aromatic carbocycles. The molecular formula is C31H44O6. The Bertz CT molecular complexity index is 888. The molecule has 0 aromatic heterocycles. The molecule has 6 nitrogen and oxygen atoms in total. The SMILES string of the molecule is C=C1CC(C)C[C@@H]2CC=CC(C/C=C\C(=O)OC(C(O)/C=C/C3C=CCCCC3)C[C@@H]3OC3[C@@H](O)C1)O2. The fraction of sp³-hybridized carbons (Fsp3) is 0.645. The molecule has 9 atom stereocenters. The van der Waals surface area contributed by atoms with Crippen LogP contribution < -0.4 is 0 Å². The quantitative estimate of drug-likeness (QED) is 0.310. The topological polar surface area (TPSA) is 88.5 Å². The molecule has 4 rings (SSSR count). The van der Waals surface area contributed by atoms with Crippen molar-refractivity contribution in [1.82, 2.24) is 0 Å². The van der Waals surface area contributed by atoms with E-state index in [-0.39, 0.29) is 30.3 Å². The van der Waals surface area contributed by atoms with Gasteiger partial charge in [-0.3, -0.25) is 0 Å². The molecule has 0 spiro atoms. The maximum atomic E-state index is 12.7. The van der Waals surface area contributed by atoms with Gasteiger partial charge >= 0.3 is 5.97 Å². The number of ether oxygens (including phenoxy) is 3. The monoisotopic (exact) mass is 512 g/mol. The van der Waals surface area contributed by atoms with Gasteiger partial charge in [-0.05, 0) is 63.2 Å². The lowest BCUT2D eigenvalue weighted by molar-refractivity contribution is -0.148. The number of hydrogen-bond acceptors (Lipinski definition) is 6. The van der Waals surface area contributed by atoms with Crippen LogP contribution in [0.3, 0.4) is 0 Å². The van der Waals surface area contributed by atoms with Crippen LogP contribution in [0.5, 0.6) is 0 Å². The number of hydrogen-bond donors (Lipinski definition) is 2. The van der Waals surface area contributed by atoms with Crippen molar-refractivity contribution in [1.29, 1.82) is 0 Å². The molecular weight excluding hydrogens is 468 g/mol. The van der Waals surface area contributed by atoms with E-state index >= 15 is 0 Å². The zero-order valence-corrected chi connectivity index (χ0v) is 22.1. The van der Waals surface area contributed by atoms with E-state index in [0.29, 0.717) is 25.2 Å². The summed E-state index contributed by atoms with van der Waals surface area (Å²) in [4.78, 5) is 12.7. The highest BCUT2D eigenvalue weighted by atomic mass is 16.6. The molecule has 204 valence electrons. The minimum atomic E-state index is -0.956. The van der Waals surface area contributed by atoms with Gasteiger partial charge in [0.1, 0.15) is 18.3 Å². The fourth-order valence-corrected chi connectivity index (χ4v) is 5.74. The first-order valence-electron chi connectivity index (χ1n) is 14.1. The van der Waals surface area contributed by atoms with Gasteiger partial charge in [-0.1, -0.05) is 68.0 Å². The van der Waals surface area contributed by atoms with Crippen LogP contribution in [-0.2, 0) is 19.0 Å². The van der Waals surface area contributed by atoms with Gasteiger partial charge in [0.25, 0.3) is 0 Å². The van der Waals surface area contributed by atoms with Crippen LogP contribution in [0.2, 0.25) is 0 Å². The molecule has 0 aromatic rings. The van der Waals surface area contributed by atoms with Gasteiger partial charge in [-0.25, -0.2) is 4.79 Å². The number of esters is 1. The summed E-state index contributed by atoms with van der Waals surface area (Å²) in [5.41, 5.74) is 1.00. The van der Waals surface area contributed by atoms with E-state index in [0.717, 1.165) is 44.1 Å². The average molecular weight is 513 g/mol. The van der Waals surface area contributed by atoms with Crippen molar-refractivity contribution in [2.75, 3.05) is 0 Å². The molecule has 2 bridgehead atoms. The Kier molecular flexibility index (Phi) is 10.4. The number of epoxide rings is 1. The number of aliphatic hydroxyl groups excluding tert-OH is 2. The van der Waals surface area contributed by atoms with Crippen LogP contribution in [0, 0.1) is 11.8 Å². The lowest BCUT2D eigenvalue weighted by Crippen LogP contribution is -2.32. The predicted molar refractivity (Wildman–Crippen MR) is 144 cm³/mol. The van der Waals surface area contributed by atoms with E-state index in [2.05, 4.69) is 31.7 Å². The van der Waals surface area contributed by atoms with E-state index in [4.69, 9.17) is 14.2 Å². The standard InChI is InChI=1S/C31H44O6/c1-21-17-22(2)19-27(33)31-29(37-31)20-28(26(32)16-15-23-9-5-3-4-6-10-23)36-30(34)14-8-12-24-11-7-13-25(18-21)35-24/h5,7-9,11,14-16,21,23-29,31-33H,2-4,6,10,12-13,17-20H2,1H3/b14-8-,16-15+/t21?,23?,24?,25-,26?,27-,28?,29-,31?/m0/s1. The van der Waals surface area contributed by atoms with E-state index in [9.17, 15) is 15.0 Å². The highest BCUT2D eigenvalue weighted by Crippen LogP contribution is 2.35. The van der Waals surface area contributed by atoms with Gasteiger partial charge < -0.3 is 24.4 Å². The molecule has 0 amide bonds. The third-order valence-corrected chi connectivity index (χ3v) is 7.75. The van der Waals surface area contributed by atoms with Crippen molar-refractivity contribution in [2.45, 2.75) is 114 Å². The molecule has 4 aliphatic rings. The number of rotatable bonds is 3. The highest BCUT2D eigenvalue weighted by molar-refractivity contribution is 5.82. The first-order chi connectivity index (χ1) is 17.9. The fourth-order valence-electron chi connectivity index (χ4n) is 5.74. The Morgan fingerprint density at radius 2 is 1.95 bits per heavy atom. The second-order valence-electron chi connectivity index (χ2n) is 11.3. The molecule has 6 unspecified atom stereocenters. The van der Waals surface area contributed by atoms with Crippen molar-refractivity contribution in [2.24, 2.45) is 11.8 Å². The lowest BCUT2D eigenvalue weighted by Gasteiger charge is -2.28. The van der Waals surface area contributed by atoms with Crippen LogP contribution in [-0.4, -0.2) is 58.9 Å². The number of allylic oxidation sites excluding steroid dienone is 3. The van der Waals surface area contributed by atoms with Gasteiger partial charge in [-0.15, -0.1) is 0 Å². The Morgan fingerprint density at radius 1 is 1.08 bits per heavy atom. The Balaban J connectivity index is 1.44. The second-order valence-corrected chi connectivity index (χ2v) is 11.3. The normalized spacial score (nSPS) is 39.6. The number of cyclic esters (lactones) is 1. The van der Waals surface area contributed by atoms with Crippen LogP contribution in [0.15, 0.2) is 60.8 Å². The van der Waals surface area contributed by atoms with Gasteiger partial charge in [0.05, 0.1) is 24.4 Å². The minimum absolute atomic E-state index is 0.0727. The smallest absolute Gasteiger partial charge is 0.330 e. The van der Waals surface area contributed by atoms with Crippen LogP contribution >= 0.6 is 0 Å². The van der Waals surface area contributed by atoms with Gasteiger partial charge in [0.15, 0.2) is 0 Å². The van der Waals surface area contributed by atoms with E-state index < -0.39 is 24.3 Å². The van der Waals surface area contributed by atoms with Crippen molar-refractivity contribution in [3.05, 3.63) is 60.8 Å². The van der Waals surface area contributed by atoms with Gasteiger partial charge in [0, 0.05) is 12.5 Å². The number of carbonyl (C=O) groups is 1. The summed E-state index contributed by atoms with van der Waals surface area (Å²) in [6, 6.07) is 0. The maximum Gasteiger partial charge on any atom is 0.330 e.